The fourth-order valence-electron chi connectivity index (χ4n) is 1.34. The Balaban J connectivity index is 2.28. The third kappa shape index (κ3) is 0.589. The first-order valence-corrected chi connectivity index (χ1v) is 3.57. The average molecular weight is 136 g/mol. The minimum atomic E-state index is 0.197. The van der Waals surface area contributed by atoms with E-state index in [9.17, 15) is 9.59 Å². The van der Waals surface area contributed by atoms with Crippen molar-refractivity contribution >= 4 is 11.6 Å². The largest absolute Gasteiger partial charge is 0.295 e. The molecule has 0 spiro atoms. The normalized spacial score (nSPS) is 31.6. The van der Waals surface area contributed by atoms with Crippen molar-refractivity contribution < 1.29 is 9.59 Å². The first-order valence-electron chi connectivity index (χ1n) is 3.57. The van der Waals surface area contributed by atoms with Gasteiger partial charge < -0.3 is 0 Å². The van der Waals surface area contributed by atoms with Crippen molar-refractivity contribution in [3.63, 3.8) is 0 Å². The van der Waals surface area contributed by atoms with Crippen LogP contribution in [-0.4, -0.2) is 11.6 Å². The van der Waals surface area contributed by atoms with Gasteiger partial charge in [0.2, 0.25) is 0 Å². The summed E-state index contributed by atoms with van der Waals surface area (Å²) in [7, 11) is 0. The number of hydrogen-bond acceptors (Lipinski definition) is 2. The van der Waals surface area contributed by atoms with Crippen molar-refractivity contribution in [1.29, 1.82) is 0 Å². The summed E-state index contributed by atoms with van der Waals surface area (Å²) in [5.74, 6) is 0.395. The average Bonchev–Trinajstić information content (AvgIpc) is 1.93. The van der Waals surface area contributed by atoms with Gasteiger partial charge in [-0.3, -0.25) is 9.59 Å². The number of carbonyl (C=O) groups is 2. The molecule has 2 nitrogen and oxygen atoms in total. The zero-order valence-electron chi connectivity index (χ0n) is 5.64. The van der Waals surface area contributed by atoms with E-state index in [0.717, 1.165) is 24.0 Å². The maximum Gasteiger partial charge on any atom is 0.159 e. The molecule has 2 fully saturated rings. The van der Waals surface area contributed by atoms with E-state index in [1.807, 2.05) is 0 Å². The van der Waals surface area contributed by atoms with Gasteiger partial charge in [0, 0.05) is 24.0 Å². The molecule has 0 aromatic rings. The van der Waals surface area contributed by atoms with Crippen molar-refractivity contribution in [2.45, 2.75) is 25.7 Å². The lowest BCUT2D eigenvalue weighted by molar-refractivity contribution is -0.122. The highest BCUT2D eigenvalue weighted by molar-refractivity contribution is 6.12. The Morgan fingerprint density at radius 2 is 1.10 bits per heavy atom. The number of hydrogen-bond donors (Lipinski definition) is 0. The topological polar surface area (TPSA) is 34.1 Å². The van der Waals surface area contributed by atoms with Gasteiger partial charge in [0.15, 0.2) is 11.6 Å². The molecule has 0 N–H and O–H groups in total. The zero-order chi connectivity index (χ0) is 7.14. The molecule has 0 unspecified atom stereocenters. The predicted molar refractivity (Wildman–Crippen MR) is 35.5 cm³/mol. The number of rotatable bonds is 0. The van der Waals surface area contributed by atoms with Gasteiger partial charge in [0.05, 0.1) is 0 Å². The maximum absolute atomic E-state index is 10.8. The molecule has 2 rings (SSSR count). The van der Waals surface area contributed by atoms with Crippen LogP contribution in [0.15, 0.2) is 11.1 Å². The fourth-order valence-corrected chi connectivity index (χ4v) is 1.34. The summed E-state index contributed by atoms with van der Waals surface area (Å²) < 4.78 is 0. The molecule has 52 valence electrons. The Bertz CT molecular complexity index is 222. The quantitative estimate of drug-likeness (QED) is 0.466. The molecule has 0 aromatic heterocycles. The van der Waals surface area contributed by atoms with E-state index in [0.29, 0.717) is 12.8 Å². The Hall–Kier alpha value is -0.920. The van der Waals surface area contributed by atoms with Gasteiger partial charge in [-0.2, -0.15) is 0 Å². The van der Waals surface area contributed by atoms with E-state index in [2.05, 4.69) is 0 Å². The van der Waals surface area contributed by atoms with E-state index in [4.69, 9.17) is 0 Å². The van der Waals surface area contributed by atoms with Gasteiger partial charge in [-0.15, -0.1) is 0 Å². The van der Waals surface area contributed by atoms with E-state index < -0.39 is 0 Å². The summed E-state index contributed by atoms with van der Waals surface area (Å²) >= 11 is 0. The monoisotopic (exact) mass is 136 g/mol. The smallest absolute Gasteiger partial charge is 0.159 e. The third-order valence-corrected chi connectivity index (χ3v) is 2.24. The summed E-state index contributed by atoms with van der Waals surface area (Å²) in [5, 5.41) is 0. The minimum absolute atomic E-state index is 0.197. The second-order valence-electron chi connectivity index (χ2n) is 2.80. The van der Waals surface area contributed by atoms with E-state index in [1.165, 1.54) is 0 Å². The minimum Gasteiger partial charge on any atom is -0.295 e. The molecular formula is C8H8O2. The Labute approximate surface area is 58.9 Å². The lowest BCUT2D eigenvalue weighted by Gasteiger charge is -2.24. The second-order valence-corrected chi connectivity index (χ2v) is 2.80. The van der Waals surface area contributed by atoms with Crippen molar-refractivity contribution in [2.24, 2.45) is 0 Å². The summed E-state index contributed by atoms with van der Waals surface area (Å²) in [4.78, 5) is 21.6. The molecule has 0 atom stereocenters. The SMILES string of the molecule is O=C1CC/C1=C1/CCC1=O. The van der Waals surface area contributed by atoms with Crippen LogP contribution in [0, 0.1) is 0 Å². The lowest BCUT2D eigenvalue weighted by atomic mass is 9.77. The van der Waals surface area contributed by atoms with Crippen LogP contribution in [0.25, 0.3) is 0 Å². The number of carbonyl (C=O) groups excluding carboxylic acids is 2. The highest BCUT2D eigenvalue weighted by Crippen LogP contribution is 2.33. The molecule has 2 heteroatoms. The van der Waals surface area contributed by atoms with Gasteiger partial charge in [-0.1, -0.05) is 0 Å². The molecule has 2 aliphatic carbocycles. The molecule has 0 aromatic carbocycles. The van der Waals surface area contributed by atoms with Gasteiger partial charge in [-0.25, -0.2) is 0 Å². The molecule has 2 saturated carbocycles. The van der Waals surface area contributed by atoms with Gasteiger partial charge in [-0.05, 0) is 12.8 Å². The first-order chi connectivity index (χ1) is 4.79. The first kappa shape index (κ1) is 5.83. The van der Waals surface area contributed by atoms with E-state index >= 15 is 0 Å². The standard InChI is InChI=1S/C8H8O2/c9-7-3-1-5(7)6-2-4-8(6)10/h1-4H2/b6-5+. The Kier molecular flexibility index (Phi) is 1.04. The van der Waals surface area contributed by atoms with E-state index in [1.54, 1.807) is 0 Å². The van der Waals surface area contributed by atoms with Gasteiger partial charge >= 0.3 is 0 Å². The Morgan fingerprint density at radius 3 is 1.20 bits per heavy atom. The van der Waals surface area contributed by atoms with Crippen LogP contribution in [0.2, 0.25) is 0 Å². The van der Waals surface area contributed by atoms with Crippen LogP contribution in [0.4, 0.5) is 0 Å². The summed E-state index contributed by atoms with van der Waals surface area (Å²) in [6, 6.07) is 0. The summed E-state index contributed by atoms with van der Waals surface area (Å²) in [5.41, 5.74) is 1.66. The van der Waals surface area contributed by atoms with Crippen LogP contribution in [0.1, 0.15) is 25.7 Å². The van der Waals surface area contributed by atoms with Crippen LogP contribution < -0.4 is 0 Å². The molecule has 0 bridgehead atoms. The van der Waals surface area contributed by atoms with E-state index in [-0.39, 0.29) is 11.6 Å². The molecule has 0 radical (unpaired) electrons. The predicted octanol–water partition coefficient (Wildman–Crippen LogP) is 1.01. The van der Waals surface area contributed by atoms with Crippen molar-refractivity contribution in [3.05, 3.63) is 11.1 Å². The highest BCUT2D eigenvalue weighted by Gasteiger charge is 2.31. The summed E-state index contributed by atoms with van der Waals surface area (Å²) in [6.45, 7) is 0. The summed E-state index contributed by atoms with van der Waals surface area (Å²) in [6.07, 6.45) is 3.01. The number of Topliss-reactive ketones (excluding diaryl/α,β-unsaturated/α-hetero) is 2. The third-order valence-electron chi connectivity index (χ3n) is 2.24. The maximum atomic E-state index is 10.8. The van der Waals surface area contributed by atoms with Crippen molar-refractivity contribution in [1.82, 2.24) is 0 Å². The fraction of sp³-hybridized carbons (Fsp3) is 0.500. The molecular weight excluding hydrogens is 128 g/mol. The number of ketones is 2. The molecule has 0 amide bonds. The van der Waals surface area contributed by atoms with Gasteiger partial charge in [0.1, 0.15) is 0 Å². The molecule has 0 heterocycles. The molecule has 0 saturated heterocycles. The number of allylic oxidation sites excluding steroid dienone is 2. The molecule has 10 heavy (non-hydrogen) atoms. The lowest BCUT2D eigenvalue weighted by Crippen LogP contribution is -2.25. The Morgan fingerprint density at radius 1 is 0.700 bits per heavy atom. The van der Waals surface area contributed by atoms with Crippen molar-refractivity contribution in [2.75, 3.05) is 0 Å². The van der Waals surface area contributed by atoms with Crippen molar-refractivity contribution in [3.8, 4) is 0 Å². The van der Waals surface area contributed by atoms with Gasteiger partial charge in [0.25, 0.3) is 0 Å². The second kappa shape index (κ2) is 1.78. The zero-order valence-corrected chi connectivity index (χ0v) is 5.64. The molecule has 2 aliphatic rings. The van der Waals surface area contributed by atoms with Crippen LogP contribution >= 0.6 is 0 Å². The molecule has 0 aliphatic heterocycles. The van der Waals surface area contributed by atoms with Crippen LogP contribution in [0.3, 0.4) is 0 Å². The van der Waals surface area contributed by atoms with Crippen LogP contribution in [-0.2, 0) is 9.59 Å². The van der Waals surface area contributed by atoms with Crippen LogP contribution in [0.5, 0.6) is 0 Å². The highest BCUT2D eigenvalue weighted by atomic mass is 16.1.